The first kappa shape index (κ1) is 19.0. The molecule has 2 unspecified atom stereocenters. The fourth-order valence-corrected chi connectivity index (χ4v) is 8.14. The second kappa shape index (κ2) is 5.76. The predicted octanol–water partition coefficient (Wildman–Crippen LogP) is 3.54. The van der Waals surface area contributed by atoms with Crippen LogP contribution < -0.4 is 0 Å². The van der Waals surface area contributed by atoms with Gasteiger partial charge in [-0.05, 0) is 20.9 Å². The maximum absolute atomic E-state index is 13.9. The normalized spacial score (nSPS) is 19.4. The molecule has 0 bridgehead atoms. The van der Waals surface area contributed by atoms with Crippen molar-refractivity contribution in [1.82, 2.24) is 4.23 Å². The molecule has 0 aliphatic carbocycles. The summed E-state index contributed by atoms with van der Waals surface area (Å²) in [4.78, 5) is 0. The van der Waals surface area contributed by atoms with Gasteiger partial charge in [0, 0.05) is 0 Å². The van der Waals surface area contributed by atoms with Gasteiger partial charge in [0.25, 0.3) is 20.0 Å². The van der Waals surface area contributed by atoms with E-state index in [1.54, 1.807) is 19.6 Å². The summed E-state index contributed by atoms with van der Waals surface area (Å²) in [6.07, 6.45) is -5.46. The first-order valence-corrected chi connectivity index (χ1v) is 11.0. The summed E-state index contributed by atoms with van der Waals surface area (Å²) >= 11 is 0. The predicted molar refractivity (Wildman–Crippen MR) is 69.3 cm³/mol. The number of halogens is 6. The summed E-state index contributed by atoms with van der Waals surface area (Å²) in [7, 11) is -5.91. The molecule has 0 aliphatic heterocycles. The van der Waals surface area contributed by atoms with Gasteiger partial charge in [-0.3, -0.25) is 0 Å². The van der Waals surface area contributed by atoms with Crippen LogP contribution in [0.25, 0.3) is 0 Å². The van der Waals surface area contributed by atoms with Crippen molar-refractivity contribution in [3.8, 4) is 0 Å². The van der Waals surface area contributed by atoms with Gasteiger partial charge in [-0.2, -0.15) is 0 Å². The third kappa shape index (κ3) is 3.97. The lowest BCUT2D eigenvalue weighted by Crippen LogP contribution is -2.71. The van der Waals surface area contributed by atoms with Gasteiger partial charge in [-0.15, -0.1) is 0 Å². The van der Waals surface area contributed by atoms with Crippen LogP contribution in [0.5, 0.6) is 0 Å². The molecular formula is C10H21F6NSi2. The Kier molecular flexibility index (Phi) is 5.76. The Hall–Kier alpha value is -0.0262. The fraction of sp³-hybridized carbons (Fsp3) is 1.00. The van der Waals surface area contributed by atoms with Crippen LogP contribution in [-0.2, 0) is 0 Å². The van der Waals surface area contributed by atoms with Gasteiger partial charge >= 0.3 is 0 Å². The Morgan fingerprint density at radius 2 is 1.16 bits per heavy atom. The van der Waals surface area contributed by atoms with Crippen LogP contribution in [0.3, 0.4) is 0 Å². The van der Waals surface area contributed by atoms with E-state index in [4.69, 9.17) is 0 Å². The molecule has 0 N–H and O–H groups in total. The standard InChI is InChI=1S/C10H21F6NSi2/c1-7(11)9(13,14)18(10(15,16)8(2)12)17(3)19(4,5)6/h7-8,18H,1-6H3. The third-order valence-corrected chi connectivity index (χ3v) is 11.6. The number of alkyl halides is 6. The number of hydrogen-bond acceptors (Lipinski definition) is 1. The Bertz CT molecular complexity index is 283. The molecule has 0 fully saturated rings. The molecule has 0 aliphatic rings. The first-order valence-electron chi connectivity index (χ1n) is 5.93. The molecule has 1 nitrogen and oxygen atoms in total. The highest BCUT2D eigenvalue weighted by molar-refractivity contribution is 6.84. The molecule has 0 aromatic carbocycles. The number of rotatable bonds is 6. The van der Waals surface area contributed by atoms with Crippen LogP contribution >= 0.6 is 0 Å². The molecule has 19 heavy (non-hydrogen) atoms. The van der Waals surface area contributed by atoms with Crippen LogP contribution in [0, 0.1) is 0 Å². The second-order valence-electron chi connectivity index (χ2n) is 5.77. The van der Waals surface area contributed by atoms with Gasteiger partial charge in [0.15, 0.2) is 12.3 Å². The van der Waals surface area contributed by atoms with Crippen molar-refractivity contribution in [3.05, 3.63) is 0 Å². The summed E-state index contributed by atoms with van der Waals surface area (Å²) in [5.74, 6) is 0. The van der Waals surface area contributed by atoms with E-state index in [-0.39, 0.29) is 0 Å². The quantitative estimate of drug-likeness (QED) is 0.533. The average molecular weight is 325 g/mol. The Balaban J connectivity index is 5.79. The molecule has 9 heteroatoms. The largest absolute Gasteiger partial charge is 0.342 e. The van der Waals surface area contributed by atoms with E-state index in [0.29, 0.717) is 13.8 Å². The summed E-state index contributed by atoms with van der Waals surface area (Å²) in [5.41, 5.74) is -8.39. The van der Waals surface area contributed by atoms with Crippen LogP contribution in [0.2, 0.25) is 19.6 Å². The lowest BCUT2D eigenvalue weighted by Gasteiger charge is -2.44. The van der Waals surface area contributed by atoms with E-state index in [1.165, 1.54) is 0 Å². The molecule has 0 saturated carbocycles. The van der Waals surface area contributed by atoms with Crippen molar-refractivity contribution in [2.24, 2.45) is 0 Å². The monoisotopic (exact) mass is 325 g/mol. The maximum Gasteiger partial charge on any atom is 0.277 e. The zero-order valence-electron chi connectivity index (χ0n) is 11.9. The maximum atomic E-state index is 13.9. The molecule has 0 spiro atoms. The van der Waals surface area contributed by atoms with Gasteiger partial charge in [-0.25, -0.2) is 26.3 Å². The molecule has 116 valence electrons. The van der Waals surface area contributed by atoms with Gasteiger partial charge < -0.3 is 4.23 Å². The van der Waals surface area contributed by atoms with E-state index >= 15 is 0 Å². The highest BCUT2D eigenvalue weighted by atomic mass is 28.4. The molecule has 0 amide bonds. The minimum absolute atomic E-state index is 0.539. The Morgan fingerprint density at radius 3 is 1.32 bits per heavy atom. The zero-order valence-corrected chi connectivity index (χ0v) is 14.1. The number of hydrogen-bond donors (Lipinski definition) is 0. The first-order chi connectivity index (χ1) is 8.16. The van der Waals surface area contributed by atoms with Crippen LogP contribution in [0.15, 0.2) is 0 Å². The molecule has 2 atom stereocenters. The molecule has 0 saturated heterocycles. The lowest BCUT2D eigenvalue weighted by atomic mass is 10.4. The number of nitrogens with zero attached hydrogens (tertiary/aromatic N) is 1. The topological polar surface area (TPSA) is 3.24 Å². The summed E-state index contributed by atoms with van der Waals surface area (Å²) < 4.78 is 82.6. The molecule has 0 aromatic heterocycles. The molecule has 0 radical (unpaired) electrons. The van der Waals surface area contributed by atoms with E-state index in [0.717, 1.165) is 11.3 Å². The summed E-state index contributed by atoms with van der Waals surface area (Å²) in [5, 5.41) is 0. The highest BCUT2D eigenvalue weighted by Gasteiger charge is 2.65. The van der Waals surface area contributed by atoms with Crippen molar-refractivity contribution in [2.45, 2.75) is 56.9 Å². The van der Waals surface area contributed by atoms with Gasteiger partial charge in [0.05, 0.1) is 0 Å². The van der Waals surface area contributed by atoms with E-state index in [1.807, 2.05) is 0 Å². The Labute approximate surface area is 112 Å². The van der Waals surface area contributed by atoms with Crippen molar-refractivity contribution < 1.29 is 26.3 Å². The second-order valence-corrected chi connectivity index (χ2v) is 14.4. The highest BCUT2D eigenvalue weighted by Crippen LogP contribution is 2.39. The Morgan fingerprint density at radius 1 is 0.895 bits per heavy atom. The fourth-order valence-electron chi connectivity index (χ4n) is 1.60. The van der Waals surface area contributed by atoms with Crippen molar-refractivity contribution in [2.75, 3.05) is 7.05 Å². The molecule has 0 aromatic rings. The van der Waals surface area contributed by atoms with E-state index in [2.05, 4.69) is 0 Å². The van der Waals surface area contributed by atoms with Crippen LogP contribution in [-0.4, -0.2) is 51.9 Å². The molecule has 0 heterocycles. The summed E-state index contributed by atoms with van der Waals surface area (Å²) in [6, 6.07) is 0. The average Bonchev–Trinajstić information content (AvgIpc) is 2.14. The molecular weight excluding hydrogens is 304 g/mol. The van der Waals surface area contributed by atoms with Crippen molar-refractivity contribution in [3.63, 3.8) is 0 Å². The smallest absolute Gasteiger partial charge is 0.277 e. The summed E-state index contributed by atoms with van der Waals surface area (Å²) in [6.45, 7) is 5.84. The van der Waals surface area contributed by atoms with Crippen LogP contribution in [0.1, 0.15) is 13.8 Å². The van der Waals surface area contributed by atoms with Crippen LogP contribution in [0.4, 0.5) is 26.3 Å². The van der Waals surface area contributed by atoms with Gasteiger partial charge in [-0.1, -0.05) is 19.6 Å². The minimum atomic E-state index is -4.51. The van der Waals surface area contributed by atoms with Crippen molar-refractivity contribution >= 4 is 17.2 Å². The zero-order chi connectivity index (χ0) is 15.8. The van der Waals surface area contributed by atoms with E-state index < -0.39 is 40.6 Å². The van der Waals surface area contributed by atoms with Gasteiger partial charge in [0.2, 0.25) is 0 Å². The van der Waals surface area contributed by atoms with Gasteiger partial charge in [0.1, 0.15) is 8.24 Å². The minimum Gasteiger partial charge on any atom is -0.342 e. The van der Waals surface area contributed by atoms with E-state index in [9.17, 15) is 26.3 Å². The third-order valence-electron chi connectivity index (χ3n) is 3.24. The molecule has 0 rings (SSSR count). The lowest BCUT2D eigenvalue weighted by molar-refractivity contribution is -0.0481. The SMILES string of the molecule is CC(F)C(F)(F)[SiH](N(C)[Si](C)(C)C)C(F)(F)C(C)F. The van der Waals surface area contributed by atoms with Crippen molar-refractivity contribution in [1.29, 1.82) is 0 Å².